The van der Waals surface area contributed by atoms with Crippen molar-refractivity contribution in [1.82, 2.24) is 19.4 Å². The Morgan fingerprint density at radius 1 is 1.06 bits per heavy atom. The predicted molar refractivity (Wildman–Crippen MR) is 134 cm³/mol. The molecule has 1 amide bonds. The number of amides is 1. The van der Waals surface area contributed by atoms with E-state index in [1.54, 1.807) is 18.2 Å². The highest BCUT2D eigenvalue weighted by Crippen LogP contribution is 2.39. The first-order valence-corrected chi connectivity index (χ1v) is 11.8. The second-order valence-electron chi connectivity index (χ2n) is 8.66. The number of pyridine rings is 1. The third kappa shape index (κ3) is 5.63. The summed E-state index contributed by atoms with van der Waals surface area (Å²) in [6, 6.07) is 13.2. The lowest BCUT2D eigenvalue weighted by molar-refractivity contribution is -0.117. The van der Waals surface area contributed by atoms with E-state index >= 15 is 0 Å². The van der Waals surface area contributed by atoms with Gasteiger partial charge in [0.25, 0.3) is 0 Å². The van der Waals surface area contributed by atoms with Crippen LogP contribution in [0.5, 0.6) is 0 Å². The minimum Gasteiger partial charge on any atom is -0.398 e. The van der Waals surface area contributed by atoms with Crippen molar-refractivity contribution in [2.45, 2.75) is 38.1 Å². The fourth-order valence-corrected chi connectivity index (χ4v) is 3.69. The number of rotatable bonds is 6. The van der Waals surface area contributed by atoms with Crippen molar-refractivity contribution in [3.63, 3.8) is 0 Å². The van der Waals surface area contributed by atoms with Gasteiger partial charge in [-0.15, -0.1) is 0 Å². The third-order valence-corrected chi connectivity index (χ3v) is 6.14. The highest BCUT2D eigenvalue weighted by Gasteiger charge is 2.29. The van der Waals surface area contributed by atoms with Gasteiger partial charge in [0.05, 0.1) is 22.9 Å². The van der Waals surface area contributed by atoms with E-state index in [0.717, 1.165) is 30.1 Å². The number of fused-ring (bicyclic) bond motifs is 1. The van der Waals surface area contributed by atoms with E-state index in [2.05, 4.69) is 48.3 Å². The van der Waals surface area contributed by atoms with Gasteiger partial charge in [-0.25, -0.2) is 15.0 Å². The van der Waals surface area contributed by atoms with Gasteiger partial charge in [0.2, 0.25) is 5.91 Å². The van der Waals surface area contributed by atoms with Crippen LogP contribution in [0.15, 0.2) is 61.2 Å². The van der Waals surface area contributed by atoms with Crippen molar-refractivity contribution >= 4 is 40.5 Å². The number of hydrogen-bond acceptors (Lipinski definition) is 6. The summed E-state index contributed by atoms with van der Waals surface area (Å²) in [6.45, 7) is 0.563. The molecule has 2 saturated carbocycles. The Bertz CT molecular complexity index is 1290. The van der Waals surface area contributed by atoms with Gasteiger partial charge in [-0.2, -0.15) is 0 Å². The molecular weight excluding hydrogens is 450 g/mol. The summed E-state index contributed by atoms with van der Waals surface area (Å²) in [4.78, 5) is 24.8. The quantitative estimate of drug-likeness (QED) is 0.342. The first kappa shape index (κ1) is 22.2. The highest BCUT2D eigenvalue weighted by atomic mass is 35.5. The van der Waals surface area contributed by atoms with Crippen molar-refractivity contribution in [2.24, 2.45) is 5.92 Å². The first-order valence-electron chi connectivity index (χ1n) is 11.4. The Morgan fingerprint density at radius 2 is 1.85 bits per heavy atom. The molecule has 0 bridgehead atoms. The zero-order valence-electron chi connectivity index (χ0n) is 18.6. The first-order chi connectivity index (χ1) is 16.5. The molecule has 0 atom stereocenters. The number of benzene rings is 1. The number of para-hydroxylation sites is 1. The molecule has 0 unspecified atom stereocenters. The van der Waals surface area contributed by atoms with E-state index < -0.39 is 0 Å². The number of aromatic nitrogens is 4. The number of nitrogen functional groups attached to an aromatic ring is 1. The lowest BCUT2D eigenvalue weighted by Crippen LogP contribution is -2.14. The molecule has 0 saturated heterocycles. The smallest absolute Gasteiger partial charge is 0.228 e. The molecular formula is C25H26ClN7O. The Labute approximate surface area is 202 Å². The van der Waals surface area contributed by atoms with Crippen molar-refractivity contribution in [1.29, 1.82) is 0 Å². The van der Waals surface area contributed by atoms with E-state index in [-0.39, 0.29) is 11.8 Å². The molecule has 4 aromatic rings. The minimum absolute atomic E-state index is 0.0430. The van der Waals surface area contributed by atoms with Crippen molar-refractivity contribution < 1.29 is 4.79 Å². The van der Waals surface area contributed by atoms with Crippen molar-refractivity contribution in [2.75, 3.05) is 16.4 Å². The molecule has 2 aliphatic carbocycles. The van der Waals surface area contributed by atoms with E-state index in [1.165, 1.54) is 24.7 Å². The van der Waals surface area contributed by atoms with Crippen LogP contribution < -0.4 is 16.4 Å². The zero-order chi connectivity index (χ0) is 23.5. The summed E-state index contributed by atoms with van der Waals surface area (Å²) in [7, 11) is 0. The molecule has 2 aliphatic rings. The normalized spacial score (nSPS) is 14.9. The van der Waals surface area contributed by atoms with Gasteiger partial charge >= 0.3 is 0 Å². The van der Waals surface area contributed by atoms with Crippen LogP contribution in [0.3, 0.4) is 0 Å². The molecule has 3 heterocycles. The highest BCUT2D eigenvalue weighted by molar-refractivity contribution is 6.33. The second-order valence-corrected chi connectivity index (χ2v) is 9.07. The van der Waals surface area contributed by atoms with E-state index in [9.17, 15) is 4.79 Å². The summed E-state index contributed by atoms with van der Waals surface area (Å²) in [5, 5.41) is 6.71. The Balaban J connectivity index is 0.000000257. The van der Waals surface area contributed by atoms with Crippen LogP contribution in [0.4, 0.5) is 17.3 Å². The molecule has 9 heteroatoms. The summed E-state index contributed by atoms with van der Waals surface area (Å²) in [5.41, 5.74) is 9.31. The van der Waals surface area contributed by atoms with Crippen molar-refractivity contribution in [3.05, 3.63) is 77.5 Å². The molecule has 174 valence electrons. The maximum Gasteiger partial charge on any atom is 0.228 e. The topological polar surface area (TPSA) is 110 Å². The molecule has 34 heavy (non-hydrogen) atoms. The number of nitrogens with one attached hydrogen (secondary N) is 2. The van der Waals surface area contributed by atoms with Gasteiger partial charge in [0.15, 0.2) is 0 Å². The zero-order valence-corrected chi connectivity index (χ0v) is 19.4. The maximum atomic E-state index is 11.8. The van der Waals surface area contributed by atoms with E-state index in [1.807, 2.05) is 18.3 Å². The number of nitrogens with zero attached hydrogens (tertiary/aromatic N) is 4. The predicted octanol–water partition coefficient (Wildman–Crippen LogP) is 4.88. The van der Waals surface area contributed by atoms with Gasteiger partial charge in [0, 0.05) is 24.4 Å². The van der Waals surface area contributed by atoms with Crippen LogP contribution in [-0.2, 0) is 11.3 Å². The van der Waals surface area contributed by atoms with Crippen LogP contribution in [0.1, 0.15) is 42.9 Å². The molecule has 0 radical (unpaired) electrons. The van der Waals surface area contributed by atoms with Gasteiger partial charge in [0.1, 0.15) is 23.6 Å². The third-order valence-electron chi connectivity index (χ3n) is 5.79. The second kappa shape index (κ2) is 9.69. The number of anilines is 3. The largest absolute Gasteiger partial charge is 0.398 e. The number of halogens is 1. The van der Waals surface area contributed by atoms with Gasteiger partial charge in [-0.05, 0) is 55.4 Å². The molecule has 0 spiro atoms. The summed E-state index contributed by atoms with van der Waals surface area (Å²) >= 11 is 5.58. The summed E-state index contributed by atoms with van der Waals surface area (Å²) in [6.07, 6.45) is 10.2. The fourth-order valence-electron chi connectivity index (χ4n) is 3.56. The molecule has 8 nitrogen and oxygen atoms in total. The van der Waals surface area contributed by atoms with Gasteiger partial charge in [-0.3, -0.25) is 4.79 Å². The molecule has 0 aliphatic heterocycles. The van der Waals surface area contributed by atoms with Crippen LogP contribution in [-0.4, -0.2) is 25.3 Å². The number of carbonyl (C=O) groups excluding carboxylic acids is 1. The van der Waals surface area contributed by atoms with Gasteiger partial charge < -0.3 is 20.8 Å². The minimum atomic E-state index is 0.0430. The fraction of sp³-hybridized carbons (Fsp3) is 0.280. The standard InChI is InChI=1S/C19H20N6O.C6H6ClN/c26-19(13-3-4-13)24-17-7-16(21-11-22-17)20-8-15-10-25-9-14(12-1-2-12)5-6-18(25)23-15;7-5-3-1-2-4-6(5)8/h5-7,9-13H,1-4,8H2,(H2,20,21,22,24,26);1-4H,8H2. The molecule has 4 N–H and O–H groups in total. The van der Waals surface area contributed by atoms with Crippen LogP contribution in [0.25, 0.3) is 5.65 Å². The molecule has 3 aromatic heterocycles. The molecule has 1 aromatic carbocycles. The number of hydrogen-bond donors (Lipinski definition) is 3. The van der Waals surface area contributed by atoms with Gasteiger partial charge in [-0.1, -0.05) is 29.8 Å². The number of nitrogens with two attached hydrogens (primary N) is 1. The average Bonchev–Trinajstić information content (AvgIpc) is 3.76. The lowest BCUT2D eigenvalue weighted by atomic mass is 10.2. The maximum absolute atomic E-state index is 11.8. The average molecular weight is 476 g/mol. The molecule has 6 rings (SSSR count). The van der Waals surface area contributed by atoms with Crippen LogP contribution in [0, 0.1) is 5.92 Å². The summed E-state index contributed by atoms with van der Waals surface area (Å²) in [5.74, 6) is 2.13. The summed E-state index contributed by atoms with van der Waals surface area (Å²) < 4.78 is 2.09. The van der Waals surface area contributed by atoms with Crippen LogP contribution in [0.2, 0.25) is 5.02 Å². The monoisotopic (exact) mass is 475 g/mol. The van der Waals surface area contributed by atoms with E-state index in [0.29, 0.717) is 28.9 Å². The SMILES string of the molecule is Nc1ccccc1Cl.O=C(Nc1cc(NCc2cn3cc(C4CC4)ccc3n2)ncn1)C1CC1. The Hall–Kier alpha value is -3.65. The van der Waals surface area contributed by atoms with Crippen LogP contribution >= 0.6 is 11.6 Å². The number of imidazole rings is 1. The Morgan fingerprint density at radius 3 is 2.56 bits per heavy atom. The van der Waals surface area contributed by atoms with Crippen molar-refractivity contribution in [3.8, 4) is 0 Å². The van der Waals surface area contributed by atoms with E-state index in [4.69, 9.17) is 17.3 Å². The lowest BCUT2D eigenvalue weighted by Gasteiger charge is -2.06. The number of carbonyl (C=O) groups is 1. The Kier molecular flexibility index (Phi) is 6.31. The molecule has 2 fully saturated rings.